The highest BCUT2D eigenvalue weighted by Gasteiger charge is 2.26. The van der Waals surface area contributed by atoms with Crippen LogP contribution in [0.15, 0.2) is 18.5 Å². The lowest BCUT2D eigenvalue weighted by Crippen LogP contribution is -2.39. The van der Waals surface area contributed by atoms with Crippen LogP contribution in [0.25, 0.3) is 0 Å². The molecule has 1 aliphatic carbocycles. The van der Waals surface area contributed by atoms with E-state index in [1.165, 1.54) is 19.0 Å². The number of pyridine rings is 1. The fourth-order valence-electron chi connectivity index (χ4n) is 2.59. The van der Waals surface area contributed by atoms with Crippen LogP contribution in [-0.4, -0.2) is 28.9 Å². The second-order valence-electron chi connectivity index (χ2n) is 5.29. The molecule has 4 nitrogen and oxygen atoms in total. The van der Waals surface area contributed by atoms with Crippen molar-refractivity contribution in [2.45, 2.75) is 38.6 Å². The minimum absolute atomic E-state index is 0.00875. The molecule has 1 saturated carbocycles. The molecule has 1 amide bonds. The Morgan fingerprint density at radius 1 is 1.39 bits per heavy atom. The van der Waals surface area contributed by atoms with Crippen molar-refractivity contribution < 1.29 is 4.79 Å². The quantitative estimate of drug-likeness (QED) is 0.872. The van der Waals surface area contributed by atoms with Crippen LogP contribution in [0.3, 0.4) is 0 Å². The normalized spacial score (nSPS) is 23.7. The number of carbonyl (C=O) groups is 1. The number of nitrogens with two attached hydrogens (primary N) is 1. The summed E-state index contributed by atoms with van der Waals surface area (Å²) in [5.74, 6) is 0.796. The molecule has 0 radical (unpaired) electrons. The van der Waals surface area contributed by atoms with Crippen LogP contribution in [0.4, 0.5) is 5.69 Å². The molecule has 1 aliphatic rings. The number of amides is 1. The summed E-state index contributed by atoms with van der Waals surface area (Å²) in [6.45, 7) is 2.28. The fraction of sp³-hybridized carbons (Fsp3) is 0.571. The van der Waals surface area contributed by atoms with Gasteiger partial charge in [-0.3, -0.25) is 9.78 Å². The molecule has 1 aromatic rings. The standard InChI is InChI=1S/C14H21N3O/c1-10-3-5-11(6-4-10)17(2)14(18)12-7-8-16-9-13(12)15/h7-11H,3-6,15H2,1-2H3. The van der Waals surface area contributed by atoms with E-state index in [-0.39, 0.29) is 5.91 Å². The fourth-order valence-corrected chi connectivity index (χ4v) is 2.59. The number of anilines is 1. The number of rotatable bonds is 2. The number of nitrogens with zero attached hydrogens (tertiary/aromatic N) is 2. The third kappa shape index (κ3) is 2.63. The second kappa shape index (κ2) is 5.38. The molecule has 1 heterocycles. The van der Waals surface area contributed by atoms with Crippen molar-refractivity contribution in [1.29, 1.82) is 0 Å². The van der Waals surface area contributed by atoms with Crippen LogP contribution in [0.5, 0.6) is 0 Å². The molecule has 2 N–H and O–H groups in total. The van der Waals surface area contributed by atoms with Crippen LogP contribution in [0.1, 0.15) is 43.0 Å². The maximum absolute atomic E-state index is 12.4. The summed E-state index contributed by atoms with van der Waals surface area (Å²) < 4.78 is 0. The average molecular weight is 247 g/mol. The van der Waals surface area contributed by atoms with Crippen molar-refractivity contribution >= 4 is 11.6 Å². The lowest BCUT2D eigenvalue weighted by atomic mass is 9.86. The van der Waals surface area contributed by atoms with Gasteiger partial charge in [0.15, 0.2) is 0 Å². The minimum Gasteiger partial charge on any atom is -0.397 e. The number of nitrogen functional groups attached to an aromatic ring is 1. The van der Waals surface area contributed by atoms with Gasteiger partial charge in [0, 0.05) is 19.3 Å². The first kappa shape index (κ1) is 12.9. The molecule has 0 aliphatic heterocycles. The van der Waals surface area contributed by atoms with Gasteiger partial charge in [-0.2, -0.15) is 0 Å². The Morgan fingerprint density at radius 3 is 2.67 bits per heavy atom. The Balaban J connectivity index is 2.07. The van der Waals surface area contributed by atoms with E-state index in [2.05, 4.69) is 11.9 Å². The summed E-state index contributed by atoms with van der Waals surface area (Å²) in [5.41, 5.74) is 6.82. The molecule has 0 saturated heterocycles. The molecule has 0 unspecified atom stereocenters. The molecule has 0 atom stereocenters. The third-order valence-corrected chi connectivity index (χ3v) is 3.94. The molecular formula is C14H21N3O. The smallest absolute Gasteiger partial charge is 0.256 e. The van der Waals surface area contributed by atoms with Gasteiger partial charge in [-0.25, -0.2) is 0 Å². The van der Waals surface area contributed by atoms with E-state index < -0.39 is 0 Å². The van der Waals surface area contributed by atoms with Crippen LogP contribution in [0, 0.1) is 5.92 Å². The minimum atomic E-state index is 0.00875. The molecule has 1 aromatic heterocycles. The number of carbonyl (C=O) groups excluding carboxylic acids is 1. The molecule has 18 heavy (non-hydrogen) atoms. The lowest BCUT2D eigenvalue weighted by Gasteiger charge is -2.33. The van der Waals surface area contributed by atoms with Crippen molar-refractivity contribution in [3.63, 3.8) is 0 Å². The summed E-state index contributed by atoms with van der Waals surface area (Å²) >= 11 is 0. The SMILES string of the molecule is CC1CCC(N(C)C(=O)c2ccncc2N)CC1. The Labute approximate surface area is 108 Å². The average Bonchev–Trinajstić information content (AvgIpc) is 2.38. The van der Waals surface area contributed by atoms with E-state index >= 15 is 0 Å². The van der Waals surface area contributed by atoms with Crippen molar-refractivity contribution in [1.82, 2.24) is 9.88 Å². The first-order valence-corrected chi connectivity index (χ1v) is 6.56. The van der Waals surface area contributed by atoms with E-state index in [1.54, 1.807) is 12.3 Å². The summed E-state index contributed by atoms with van der Waals surface area (Å²) in [7, 11) is 1.88. The second-order valence-corrected chi connectivity index (χ2v) is 5.29. The Hall–Kier alpha value is -1.58. The molecular weight excluding hydrogens is 226 g/mol. The van der Waals surface area contributed by atoms with Crippen LogP contribution in [-0.2, 0) is 0 Å². The largest absolute Gasteiger partial charge is 0.397 e. The summed E-state index contributed by atoms with van der Waals surface area (Å²) in [5, 5.41) is 0. The van der Waals surface area contributed by atoms with E-state index in [1.807, 2.05) is 11.9 Å². The van der Waals surface area contributed by atoms with Gasteiger partial charge in [-0.1, -0.05) is 6.92 Å². The van der Waals surface area contributed by atoms with Gasteiger partial charge in [0.1, 0.15) is 0 Å². The molecule has 0 bridgehead atoms. The highest BCUT2D eigenvalue weighted by Crippen LogP contribution is 2.27. The molecule has 0 aromatic carbocycles. The summed E-state index contributed by atoms with van der Waals surface area (Å²) in [4.78, 5) is 18.1. The van der Waals surface area contributed by atoms with E-state index in [4.69, 9.17) is 5.73 Å². The van der Waals surface area contributed by atoms with Crippen molar-refractivity contribution in [3.05, 3.63) is 24.0 Å². The van der Waals surface area contributed by atoms with Crippen molar-refractivity contribution in [2.75, 3.05) is 12.8 Å². The molecule has 2 rings (SSSR count). The monoisotopic (exact) mass is 247 g/mol. The van der Waals surface area contributed by atoms with Crippen molar-refractivity contribution in [3.8, 4) is 0 Å². The van der Waals surface area contributed by atoms with E-state index in [0.29, 0.717) is 17.3 Å². The Kier molecular flexibility index (Phi) is 3.84. The summed E-state index contributed by atoms with van der Waals surface area (Å²) in [6, 6.07) is 2.04. The summed E-state index contributed by atoms with van der Waals surface area (Å²) in [6.07, 6.45) is 7.73. The zero-order valence-corrected chi connectivity index (χ0v) is 11.1. The van der Waals surface area contributed by atoms with Gasteiger partial charge in [0.05, 0.1) is 17.4 Å². The van der Waals surface area contributed by atoms with Gasteiger partial charge >= 0.3 is 0 Å². The Morgan fingerprint density at radius 2 is 2.06 bits per heavy atom. The molecule has 0 spiro atoms. The van der Waals surface area contributed by atoms with Gasteiger partial charge in [-0.15, -0.1) is 0 Å². The lowest BCUT2D eigenvalue weighted by molar-refractivity contribution is 0.0680. The first-order valence-electron chi connectivity index (χ1n) is 6.56. The highest BCUT2D eigenvalue weighted by molar-refractivity contribution is 5.98. The third-order valence-electron chi connectivity index (χ3n) is 3.94. The van der Waals surface area contributed by atoms with Gasteiger partial charge < -0.3 is 10.6 Å². The molecule has 1 fully saturated rings. The highest BCUT2D eigenvalue weighted by atomic mass is 16.2. The zero-order chi connectivity index (χ0) is 13.1. The zero-order valence-electron chi connectivity index (χ0n) is 11.1. The van der Waals surface area contributed by atoms with E-state index in [0.717, 1.165) is 18.8 Å². The van der Waals surface area contributed by atoms with Crippen LogP contribution >= 0.6 is 0 Å². The van der Waals surface area contributed by atoms with Crippen LogP contribution in [0.2, 0.25) is 0 Å². The maximum atomic E-state index is 12.4. The maximum Gasteiger partial charge on any atom is 0.256 e. The first-order chi connectivity index (χ1) is 8.59. The van der Waals surface area contributed by atoms with Gasteiger partial charge in [-0.05, 0) is 37.7 Å². The number of aromatic nitrogens is 1. The number of hydrogen-bond donors (Lipinski definition) is 1. The Bertz CT molecular complexity index is 425. The van der Waals surface area contributed by atoms with Gasteiger partial charge in [0.2, 0.25) is 0 Å². The topological polar surface area (TPSA) is 59.2 Å². The van der Waals surface area contributed by atoms with E-state index in [9.17, 15) is 4.79 Å². The molecule has 4 heteroatoms. The predicted molar refractivity (Wildman–Crippen MR) is 72.2 cm³/mol. The number of hydrogen-bond acceptors (Lipinski definition) is 3. The predicted octanol–water partition coefficient (Wildman–Crippen LogP) is 2.31. The van der Waals surface area contributed by atoms with Gasteiger partial charge in [0.25, 0.3) is 5.91 Å². The van der Waals surface area contributed by atoms with Crippen LogP contribution < -0.4 is 5.73 Å². The van der Waals surface area contributed by atoms with Crippen molar-refractivity contribution in [2.24, 2.45) is 5.92 Å². The molecule has 98 valence electrons.